The van der Waals surface area contributed by atoms with Crippen molar-refractivity contribution in [2.75, 3.05) is 13.2 Å². The number of esters is 1. The lowest BCUT2D eigenvalue weighted by Gasteiger charge is -2.15. The van der Waals surface area contributed by atoms with Crippen molar-refractivity contribution < 1.29 is 9.53 Å². The molecule has 0 saturated carbocycles. The van der Waals surface area contributed by atoms with Gasteiger partial charge in [0, 0.05) is 18.2 Å². The van der Waals surface area contributed by atoms with Crippen LogP contribution in [0.15, 0.2) is 36.4 Å². The zero-order valence-electron chi connectivity index (χ0n) is 11.3. The number of nitrogens with one attached hydrogen (secondary N) is 1. The van der Waals surface area contributed by atoms with Crippen molar-refractivity contribution >= 4 is 5.97 Å². The van der Waals surface area contributed by atoms with E-state index in [4.69, 9.17) is 4.74 Å². The van der Waals surface area contributed by atoms with E-state index >= 15 is 0 Å². The van der Waals surface area contributed by atoms with Crippen molar-refractivity contribution in [3.05, 3.63) is 47.5 Å². The normalized spacial score (nSPS) is 11.9. The molecule has 0 aliphatic rings. The molecule has 0 aliphatic carbocycles. The highest BCUT2D eigenvalue weighted by Gasteiger charge is 2.10. The van der Waals surface area contributed by atoms with E-state index in [0.717, 1.165) is 0 Å². The molecule has 1 rings (SSSR count). The summed E-state index contributed by atoms with van der Waals surface area (Å²) in [6, 6.07) is 8.47. The van der Waals surface area contributed by atoms with Crippen molar-refractivity contribution in [1.82, 2.24) is 5.32 Å². The fourth-order valence-corrected chi connectivity index (χ4v) is 1.64. The van der Waals surface area contributed by atoms with Crippen LogP contribution in [0.4, 0.5) is 0 Å². The van der Waals surface area contributed by atoms with Crippen LogP contribution in [0.1, 0.15) is 31.0 Å². The second-order valence-electron chi connectivity index (χ2n) is 4.34. The summed E-state index contributed by atoms with van der Waals surface area (Å²) >= 11 is 0. The summed E-state index contributed by atoms with van der Waals surface area (Å²) in [4.78, 5) is 11.4. The van der Waals surface area contributed by atoms with E-state index in [9.17, 15) is 4.79 Å². The van der Waals surface area contributed by atoms with Crippen LogP contribution in [0, 0.1) is 6.92 Å². The molecule has 1 atom stereocenters. The Balaban J connectivity index is 2.48. The molecule has 0 fully saturated rings. The summed E-state index contributed by atoms with van der Waals surface area (Å²) in [6.07, 6.45) is 0. The van der Waals surface area contributed by atoms with Crippen LogP contribution in [0.25, 0.3) is 0 Å². The zero-order valence-corrected chi connectivity index (χ0v) is 11.3. The van der Waals surface area contributed by atoms with Crippen LogP contribution in [0.2, 0.25) is 0 Å². The molecule has 0 amide bonds. The van der Waals surface area contributed by atoms with Gasteiger partial charge in [-0.15, -0.1) is 0 Å². The first kappa shape index (κ1) is 14.5. The number of carbonyl (C=O) groups is 1. The van der Waals surface area contributed by atoms with Gasteiger partial charge in [0.1, 0.15) is 0 Å². The fourth-order valence-electron chi connectivity index (χ4n) is 1.64. The lowest BCUT2D eigenvalue weighted by molar-refractivity contribution is -0.138. The number of aryl methyl sites for hydroxylation is 1. The van der Waals surface area contributed by atoms with Crippen LogP contribution < -0.4 is 5.32 Å². The molecule has 98 valence electrons. The molecular weight excluding hydrogens is 226 g/mol. The van der Waals surface area contributed by atoms with Gasteiger partial charge in [0.2, 0.25) is 0 Å². The number of hydrogen-bond acceptors (Lipinski definition) is 3. The molecule has 1 N–H and O–H groups in total. The molecule has 0 aliphatic heterocycles. The first-order valence-electron chi connectivity index (χ1n) is 6.19. The van der Waals surface area contributed by atoms with Gasteiger partial charge in [-0.05, 0) is 26.3 Å². The minimum Gasteiger partial charge on any atom is -0.463 e. The minimum atomic E-state index is -0.332. The van der Waals surface area contributed by atoms with E-state index in [1.54, 1.807) is 6.92 Å². The Kier molecular flexibility index (Phi) is 5.59. The summed E-state index contributed by atoms with van der Waals surface area (Å²) in [7, 11) is 0. The second-order valence-corrected chi connectivity index (χ2v) is 4.34. The predicted molar refractivity (Wildman–Crippen MR) is 73.4 cm³/mol. The summed E-state index contributed by atoms with van der Waals surface area (Å²) in [5.74, 6) is -0.332. The molecule has 1 aromatic rings. The van der Waals surface area contributed by atoms with Gasteiger partial charge in [0.25, 0.3) is 0 Å². The Morgan fingerprint density at radius 3 is 2.83 bits per heavy atom. The monoisotopic (exact) mass is 247 g/mol. The number of benzene rings is 1. The van der Waals surface area contributed by atoms with Crippen LogP contribution in [-0.4, -0.2) is 19.1 Å². The Hall–Kier alpha value is -1.61. The van der Waals surface area contributed by atoms with Crippen molar-refractivity contribution in [3.8, 4) is 0 Å². The highest BCUT2D eigenvalue weighted by Crippen LogP contribution is 2.13. The van der Waals surface area contributed by atoms with Crippen LogP contribution in [0.5, 0.6) is 0 Å². The molecule has 0 aromatic heterocycles. The highest BCUT2D eigenvalue weighted by atomic mass is 16.5. The van der Waals surface area contributed by atoms with E-state index in [1.165, 1.54) is 11.1 Å². The van der Waals surface area contributed by atoms with Gasteiger partial charge in [-0.1, -0.05) is 36.4 Å². The maximum Gasteiger partial charge on any atom is 0.334 e. The topological polar surface area (TPSA) is 38.3 Å². The SMILES string of the molecule is C=C(CN[C@H](C)c1cccc(C)c1)C(=O)OCC. The standard InChI is InChI=1S/C15H21NO2/c1-5-18-15(17)12(3)10-16-13(4)14-8-6-7-11(2)9-14/h6-9,13,16H,3,5,10H2,1-2,4H3/t13-/m1/s1. The Bertz CT molecular complexity index is 426. The van der Waals surface area contributed by atoms with E-state index < -0.39 is 0 Å². The van der Waals surface area contributed by atoms with Gasteiger partial charge in [0.15, 0.2) is 0 Å². The van der Waals surface area contributed by atoms with Crippen LogP contribution >= 0.6 is 0 Å². The molecule has 0 heterocycles. The third kappa shape index (κ3) is 4.34. The van der Waals surface area contributed by atoms with Gasteiger partial charge in [-0.2, -0.15) is 0 Å². The van der Waals surface area contributed by atoms with Crippen molar-refractivity contribution in [3.63, 3.8) is 0 Å². The van der Waals surface area contributed by atoms with E-state index in [-0.39, 0.29) is 12.0 Å². The summed E-state index contributed by atoms with van der Waals surface area (Å²) in [5.41, 5.74) is 2.88. The molecule has 0 unspecified atom stereocenters. The maximum absolute atomic E-state index is 11.4. The highest BCUT2D eigenvalue weighted by molar-refractivity contribution is 5.88. The molecule has 3 nitrogen and oxygen atoms in total. The van der Waals surface area contributed by atoms with Gasteiger partial charge < -0.3 is 10.1 Å². The minimum absolute atomic E-state index is 0.177. The fraction of sp³-hybridized carbons (Fsp3) is 0.400. The number of rotatable bonds is 6. The molecule has 3 heteroatoms. The molecule has 18 heavy (non-hydrogen) atoms. The average Bonchev–Trinajstić information content (AvgIpc) is 2.35. The third-order valence-corrected chi connectivity index (χ3v) is 2.73. The molecule has 0 spiro atoms. The molecule has 0 bridgehead atoms. The van der Waals surface area contributed by atoms with Crippen LogP contribution in [-0.2, 0) is 9.53 Å². The number of carbonyl (C=O) groups excluding carboxylic acids is 1. The zero-order chi connectivity index (χ0) is 13.5. The summed E-state index contributed by atoms with van der Waals surface area (Å²) in [6.45, 7) is 10.4. The van der Waals surface area contributed by atoms with E-state index in [1.807, 2.05) is 6.07 Å². The Labute approximate surface area is 109 Å². The predicted octanol–water partition coefficient (Wildman–Crippen LogP) is 2.76. The van der Waals surface area contributed by atoms with Crippen molar-refractivity contribution in [1.29, 1.82) is 0 Å². The quantitative estimate of drug-likeness (QED) is 0.620. The van der Waals surface area contributed by atoms with Gasteiger partial charge in [-0.25, -0.2) is 4.79 Å². The Morgan fingerprint density at radius 1 is 1.50 bits per heavy atom. The largest absolute Gasteiger partial charge is 0.463 e. The third-order valence-electron chi connectivity index (χ3n) is 2.73. The Morgan fingerprint density at radius 2 is 2.22 bits per heavy atom. The van der Waals surface area contributed by atoms with Gasteiger partial charge >= 0.3 is 5.97 Å². The van der Waals surface area contributed by atoms with Crippen molar-refractivity contribution in [2.24, 2.45) is 0 Å². The lowest BCUT2D eigenvalue weighted by Crippen LogP contribution is -2.24. The lowest BCUT2D eigenvalue weighted by atomic mass is 10.1. The molecular formula is C15H21NO2. The van der Waals surface area contributed by atoms with E-state index in [0.29, 0.717) is 18.7 Å². The first-order chi connectivity index (χ1) is 8.54. The van der Waals surface area contributed by atoms with Crippen molar-refractivity contribution in [2.45, 2.75) is 26.8 Å². The van der Waals surface area contributed by atoms with Crippen LogP contribution in [0.3, 0.4) is 0 Å². The summed E-state index contributed by atoms with van der Waals surface area (Å²) < 4.78 is 4.88. The first-order valence-corrected chi connectivity index (χ1v) is 6.19. The molecule has 0 saturated heterocycles. The van der Waals surface area contributed by atoms with Gasteiger partial charge in [-0.3, -0.25) is 0 Å². The van der Waals surface area contributed by atoms with Gasteiger partial charge in [0.05, 0.1) is 6.61 Å². The van der Waals surface area contributed by atoms with E-state index in [2.05, 4.69) is 43.9 Å². The average molecular weight is 247 g/mol. The smallest absolute Gasteiger partial charge is 0.334 e. The number of ether oxygens (including phenoxy) is 1. The second kappa shape index (κ2) is 6.97. The number of hydrogen-bond donors (Lipinski definition) is 1. The maximum atomic E-state index is 11.4. The summed E-state index contributed by atoms with van der Waals surface area (Å²) in [5, 5.41) is 3.26. The molecule has 1 aromatic carbocycles. The molecule has 0 radical (unpaired) electrons.